The van der Waals surface area contributed by atoms with Crippen molar-refractivity contribution in [3.63, 3.8) is 0 Å². The predicted molar refractivity (Wildman–Crippen MR) is 92.2 cm³/mol. The number of nitrogens with one attached hydrogen (secondary N) is 1. The Morgan fingerprint density at radius 1 is 1.25 bits per heavy atom. The zero-order chi connectivity index (χ0) is 16.9. The maximum absolute atomic E-state index is 11.9. The first-order valence-electron chi connectivity index (χ1n) is 8.04. The lowest BCUT2D eigenvalue weighted by Crippen LogP contribution is -2.19. The molecule has 1 amide bonds. The van der Waals surface area contributed by atoms with Crippen LogP contribution in [-0.2, 0) is 4.79 Å². The fourth-order valence-electron chi connectivity index (χ4n) is 2.43. The number of fused-ring (bicyclic) bond motifs is 1. The molecule has 1 atom stereocenters. The summed E-state index contributed by atoms with van der Waals surface area (Å²) in [6, 6.07) is 11.2. The smallest absolute Gasteiger partial charge is 0.225 e. The van der Waals surface area contributed by atoms with Gasteiger partial charge in [0.05, 0.1) is 5.69 Å². The lowest BCUT2D eigenvalue weighted by atomic mass is 10.1. The van der Waals surface area contributed by atoms with Gasteiger partial charge in [-0.15, -0.1) is 0 Å². The molecule has 0 spiro atoms. The molecule has 6 heteroatoms. The summed E-state index contributed by atoms with van der Waals surface area (Å²) in [6.45, 7) is 2.99. The van der Waals surface area contributed by atoms with Crippen LogP contribution >= 0.6 is 0 Å². The van der Waals surface area contributed by atoms with Gasteiger partial charge in [-0.05, 0) is 43.7 Å². The monoisotopic (exact) mass is 327 g/mol. The van der Waals surface area contributed by atoms with Crippen molar-refractivity contribution in [1.82, 2.24) is 4.98 Å². The second-order valence-corrected chi connectivity index (χ2v) is 5.83. The predicted octanol–water partition coefficient (Wildman–Crippen LogP) is 2.59. The number of hydrogen-bond donors (Lipinski definition) is 2. The van der Waals surface area contributed by atoms with E-state index in [-0.39, 0.29) is 11.9 Å². The molecule has 0 saturated carbocycles. The minimum Gasteiger partial charge on any atom is -0.486 e. The number of carbonyl (C=O) groups is 1. The van der Waals surface area contributed by atoms with E-state index in [1.54, 1.807) is 6.07 Å². The minimum absolute atomic E-state index is 0.00718. The van der Waals surface area contributed by atoms with Crippen LogP contribution in [0.3, 0.4) is 0 Å². The molecular formula is C18H21N3O3. The number of ether oxygens (including phenoxy) is 2. The van der Waals surface area contributed by atoms with Crippen molar-refractivity contribution >= 4 is 11.7 Å². The lowest BCUT2D eigenvalue weighted by molar-refractivity contribution is -0.116. The Morgan fingerprint density at radius 3 is 2.83 bits per heavy atom. The Morgan fingerprint density at radius 2 is 2.04 bits per heavy atom. The van der Waals surface area contributed by atoms with E-state index in [9.17, 15) is 4.79 Å². The van der Waals surface area contributed by atoms with Gasteiger partial charge >= 0.3 is 0 Å². The van der Waals surface area contributed by atoms with Gasteiger partial charge < -0.3 is 20.5 Å². The van der Waals surface area contributed by atoms with Crippen LogP contribution < -0.4 is 20.5 Å². The summed E-state index contributed by atoms with van der Waals surface area (Å²) in [5, 5.41) is 2.81. The summed E-state index contributed by atoms with van der Waals surface area (Å²) in [4.78, 5) is 16.4. The van der Waals surface area contributed by atoms with Crippen LogP contribution in [0.2, 0.25) is 0 Å². The van der Waals surface area contributed by atoms with E-state index >= 15 is 0 Å². The molecule has 2 heterocycles. The number of hydrogen-bond acceptors (Lipinski definition) is 5. The van der Waals surface area contributed by atoms with Crippen LogP contribution in [-0.4, -0.2) is 30.1 Å². The third-order valence-corrected chi connectivity index (χ3v) is 3.68. The summed E-state index contributed by atoms with van der Waals surface area (Å²) < 4.78 is 11.1. The Labute approximate surface area is 141 Å². The largest absolute Gasteiger partial charge is 0.486 e. The number of amides is 1. The van der Waals surface area contributed by atoms with Crippen molar-refractivity contribution in [2.75, 3.05) is 18.5 Å². The zero-order valence-corrected chi connectivity index (χ0v) is 13.6. The van der Waals surface area contributed by atoms with E-state index in [1.165, 1.54) is 0 Å². The van der Waals surface area contributed by atoms with Crippen LogP contribution in [0.25, 0.3) is 11.3 Å². The second-order valence-electron chi connectivity index (χ2n) is 5.83. The maximum atomic E-state index is 11.9. The number of anilines is 1. The van der Waals surface area contributed by atoms with Gasteiger partial charge in [0.25, 0.3) is 0 Å². The molecule has 1 aromatic carbocycles. The van der Waals surface area contributed by atoms with Gasteiger partial charge in [-0.25, -0.2) is 4.98 Å². The Balaban J connectivity index is 1.74. The highest BCUT2D eigenvalue weighted by molar-refractivity contribution is 5.90. The fourth-order valence-corrected chi connectivity index (χ4v) is 2.43. The van der Waals surface area contributed by atoms with E-state index in [1.807, 2.05) is 37.3 Å². The molecule has 0 fully saturated rings. The van der Waals surface area contributed by atoms with Crippen molar-refractivity contribution < 1.29 is 14.3 Å². The lowest BCUT2D eigenvalue weighted by Gasteiger charge is -2.18. The third kappa shape index (κ3) is 4.02. The van der Waals surface area contributed by atoms with E-state index in [2.05, 4.69) is 10.3 Å². The number of carbonyl (C=O) groups excluding carboxylic acids is 1. The molecule has 0 aliphatic carbocycles. The highest BCUT2D eigenvalue weighted by Crippen LogP contribution is 2.34. The average Bonchev–Trinajstić information content (AvgIpc) is 2.60. The van der Waals surface area contributed by atoms with Gasteiger partial charge in [-0.3, -0.25) is 4.79 Å². The first-order valence-corrected chi connectivity index (χ1v) is 8.04. The third-order valence-electron chi connectivity index (χ3n) is 3.68. The molecule has 0 bridgehead atoms. The number of pyridine rings is 1. The number of nitrogens with zero attached hydrogens (tertiary/aromatic N) is 1. The molecule has 2 aromatic rings. The summed E-state index contributed by atoms with van der Waals surface area (Å²) in [5.41, 5.74) is 7.34. The van der Waals surface area contributed by atoms with Crippen LogP contribution in [0.1, 0.15) is 19.8 Å². The SMILES string of the molecule is CC(N)CCC(=O)Nc1cccc(-c2ccc3c(c2)OCCO3)n1. The topological polar surface area (TPSA) is 86.5 Å². The van der Waals surface area contributed by atoms with Crippen LogP contribution in [0.15, 0.2) is 36.4 Å². The van der Waals surface area contributed by atoms with Crippen molar-refractivity contribution in [3.05, 3.63) is 36.4 Å². The summed E-state index contributed by atoms with van der Waals surface area (Å²) in [5.74, 6) is 1.90. The highest BCUT2D eigenvalue weighted by atomic mass is 16.6. The second kappa shape index (κ2) is 7.31. The maximum Gasteiger partial charge on any atom is 0.225 e. The molecular weight excluding hydrogens is 306 g/mol. The number of benzene rings is 1. The fraction of sp³-hybridized carbons (Fsp3) is 0.333. The normalized spacial score (nSPS) is 14.1. The first-order chi connectivity index (χ1) is 11.6. The Hall–Kier alpha value is -2.60. The molecule has 3 rings (SSSR count). The summed E-state index contributed by atoms with van der Waals surface area (Å²) >= 11 is 0. The van der Waals surface area contributed by atoms with Gasteiger partial charge in [0.1, 0.15) is 19.0 Å². The van der Waals surface area contributed by atoms with Crippen LogP contribution in [0.4, 0.5) is 5.82 Å². The van der Waals surface area contributed by atoms with Crippen molar-refractivity contribution in [1.29, 1.82) is 0 Å². The standard InChI is InChI=1S/C18H21N3O3/c1-12(19)5-8-18(22)21-17-4-2-3-14(20-17)13-6-7-15-16(11-13)24-10-9-23-15/h2-4,6-7,11-12H,5,8-10,19H2,1H3,(H,20,21,22). The molecule has 1 aliphatic rings. The number of aromatic nitrogens is 1. The molecule has 1 aromatic heterocycles. The van der Waals surface area contributed by atoms with E-state index in [0.717, 1.165) is 17.0 Å². The highest BCUT2D eigenvalue weighted by Gasteiger charge is 2.13. The van der Waals surface area contributed by atoms with Crippen molar-refractivity contribution in [2.24, 2.45) is 5.73 Å². The minimum atomic E-state index is -0.0841. The molecule has 1 aliphatic heterocycles. The van der Waals surface area contributed by atoms with E-state index < -0.39 is 0 Å². The molecule has 0 radical (unpaired) electrons. The Bertz CT molecular complexity index is 731. The molecule has 0 saturated heterocycles. The van der Waals surface area contributed by atoms with Gasteiger partial charge in [-0.1, -0.05) is 6.07 Å². The first kappa shape index (κ1) is 16.3. The zero-order valence-electron chi connectivity index (χ0n) is 13.6. The number of rotatable bonds is 5. The molecule has 1 unspecified atom stereocenters. The van der Waals surface area contributed by atoms with Gasteiger partial charge in [0, 0.05) is 18.0 Å². The van der Waals surface area contributed by atoms with E-state index in [0.29, 0.717) is 37.6 Å². The summed E-state index contributed by atoms with van der Waals surface area (Å²) in [6.07, 6.45) is 1.03. The Kier molecular flexibility index (Phi) is 4.96. The quantitative estimate of drug-likeness (QED) is 0.881. The van der Waals surface area contributed by atoms with Crippen LogP contribution in [0, 0.1) is 0 Å². The van der Waals surface area contributed by atoms with Crippen LogP contribution in [0.5, 0.6) is 11.5 Å². The van der Waals surface area contributed by atoms with E-state index in [4.69, 9.17) is 15.2 Å². The van der Waals surface area contributed by atoms with Gasteiger partial charge in [0.15, 0.2) is 11.5 Å². The molecule has 24 heavy (non-hydrogen) atoms. The molecule has 126 valence electrons. The average molecular weight is 327 g/mol. The van der Waals surface area contributed by atoms with Gasteiger partial charge in [-0.2, -0.15) is 0 Å². The molecule has 3 N–H and O–H groups in total. The number of nitrogens with two attached hydrogens (primary N) is 1. The van der Waals surface area contributed by atoms with Gasteiger partial charge in [0.2, 0.25) is 5.91 Å². The molecule has 6 nitrogen and oxygen atoms in total. The van der Waals surface area contributed by atoms with Crippen molar-refractivity contribution in [3.8, 4) is 22.8 Å². The van der Waals surface area contributed by atoms with Crippen molar-refractivity contribution in [2.45, 2.75) is 25.8 Å². The summed E-state index contributed by atoms with van der Waals surface area (Å²) in [7, 11) is 0.